The van der Waals surface area contributed by atoms with Crippen LogP contribution in [0.15, 0.2) is 35.3 Å². The van der Waals surface area contributed by atoms with Crippen molar-refractivity contribution in [3.05, 3.63) is 35.9 Å². The van der Waals surface area contributed by atoms with E-state index in [9.17, 15) is 0 Å². The van der Waals surface area contributed by atoms with Gasteiger partial charge in [0.1, 0.15) is 0 Å². The van der Waals surface area contributed by atoms with Crippen LogP contribution in [0.1, 0.15) is 19.4 Å². The zero-order valence-electron chi connectivity index (χ0n) is 18.7. The summed E-state index contributed by atoms with van der Waals surface area (Å²) in [5, 5.41) is 3.52. The minimum atomic E-state index is 0.589. The maximum atomic E-state index is 5.00. The van der Waals surface area contributed by atoms with Crippen LogP contribution in [0.2, 0.25) is 0 Å². The molecule has 3 rings (SSSR count). The smallest absolute Gasteiger partial charge is 0.194 e. The zero-order chi connectivity index (χ0) is 20.5. The van der Waals surface area contributed by atoms with Gasteiger partial charge in [-0.05, 0) is 25.5 Å². The quantitative estimate of drug-likeness (QED) is 0.557. The van der Waals surface area contributed by atoms with Crippen molar-refractivity contribution in [1.29, 1.82) is 0 Å². The predicted octanol–water partition coefficient (Wildman–Crippen LogP) is 1.65. The Labute approximate surface area is 177 Å². The van der Waals surface area contributed by atoms with E-state index in [1.807, 2.05) is 0 Å². The summed E-state index contributed by atoms with van der Waals surface area (Å²) < 4.78 is 0. The van der Waals surface area contributed by atoms with Gasteiger partial charge in [0.25, 0.3) is 0 Å². The van der Waals surface area contributed by atoms with Crippen LogP contribution in [-0.4, -0.2) is 105 Å². The highest BCUT2D eigenvalue weighted by molar-refractivity contribution is 5.80. The fraction of sp³-hybridized carbons (Fsp3) is 0.696. The third-order valence-corrected chi connectivity index (χ3v) is 5.97. The minimum Gasteiger partial charge on any atom is -0.357 e. The first-order valence-electron chi connectivity index (χ1n) is 11.3. The topological polar surface area (TPSA) is 37.4 Å². The largest absolute Gasteiger partial charge is 0.357 e. The van der Waals surface area contributed by atoms with Crippen molar-refractivity contribution in [3.8, 4) is 0 Å². The second-order valence-electron chi connectivity index (χ2n) is 8.65. The number of nitrogens with one attached hydrogen (secondary N) is 1. The molecule has 0 amide bonds. The van der Waals surface area contributed by atoms with Crippen LogP contribution in [0, 0.1) is 5.92 Å². The Morgan fingerprint density at radius 3 is 2.28 bits per heavy atom. The molecule has 0 saturated carbocycles. The molecule has 1 N–H and O–H groups in total. The van der Waals surface area contributed by atoms with Gasteiger partial charge in [0.15, 0.2) is 5.96 Å². The molecule has 2 aliphatic rings. The number of rotatable bonds is 7. The third-order valence-electron chi connectivity index (χ3n) is 5.97. The summed E-state index contributed by atoms with van der Waals surface area (Å²) in [5.74, 6) is 1.68. The SMILES string of the molecule is CCNC(=NCC(C)CN1CCN(C)CC1)N1CCN(Cc2ccccc2)CC1. The number of likely N-dealkylation sites (N-methyl/N-ethyl adjacent to an activating group) is 1. The molecule has 2 fully saturated rings. The molecule has 0 aliphatic carbocycles. The molecule has 0 radical (unpaired) electrons. The van der Waals surface area contributed by atoms with Crippen LogP contribution < -0.4 is 5.32 Å². The van der Waals surface area contributed by atoms with Gasteiger partial charge in [0, 0.05) is 78.5 Å². The van der Waals surface area contributed by atoms with E-state index in [4.69, 9.17) is 4.99 Å². The molecule has 2 saturated heterocycles. The van der Waals surface area contributed by atoms with Gasteiger partial charge < -0.3 is 20.0 Å². The van der Waals surface area contributed by atoms with Gasteiger partial charge >= 0.3 is 0 Å². The molecule has 1 aromatic carbocycles. The van der Waals surface area contributed by atoms with E-state index in [1.54, 1.807) is 0 Å². The summed E-state index contributed by atoms with van der Waals surface area (Å²) in [7, 11) is 2.22. The number of piperazine rings is 2. The highest BCUT2D eigenvalue weighted by atomic mass is 15.3. The number of nitrogens with zero attached hydrogens (tertiary/aromatic N) is 5. The molecule has 162 valence electrons. The van der Waals surface area contributed by atoms with Gasteiger partial charge in [0.05, 0.1) is 0 Å². The summed E-state index contributed by atoms with van der Waals surface area (Å²) in [5.41, 5.74) is 1.40. The van der Waals surface area contributed by atoms with Gasteiger partial charge in [-0.25, -0.2) is 0 Å². The first kappa shape index (κ1) is 22.1. The molecule has 6 nitrogen and oxygen atoms in total. The van der Waals surface area contributed by atoms with E-state index in [-0.39, 0.29) is 0 Å². The summed E-state index contributed by atoms with van der Waals surface area (Å²) in [6.07, 6.45) is 0. The van der Waals surface area contributed by atoms with Crippen LogP contribution in [0.25, 0.3) is 0 Å². The molecule has 1 aromatic rings. The number of hydrogen-bond donors (Lipinski definition) is 1. The molecular weight excluding hydrogens is 360 g/mol. The average molecular weight is 401 g/mol. The molecule has 0 bridgehead atoms. The van der Waals surface area contributed by atoms with Crippen molar-refractivity contribution < 1.29 is 0 Å². The molecule has 0 spiro atoms. The molecule has 2 aliphatic heterocycles. The van der Waals surface area contributed by atoms with E-state index in [1.165, 1.54) is 31.7 Å². The first-order chi connectivity index (χ1) is 14.1. The number of guanidine groups is 1. The normalized spacial score (nSPS) is 21.3. The average Bonchev–Trinajstić information content (AvgIpc) is 2.74. The Morgan fingerprint density at radius 1 is 0.966 bits per heavy atom. The summed E-state index contributed by atoms with van der Waals surface area (Å²) in [4.78, 5) is 15.0. The lowest BCUT2D eigenvalue weighted by molar-refractivity contribution is 0.140. The Morgan fingerprint density at radius 2 is 1.62 bits per heavy atom. The number of aliphatic imine (C=N–C) groups is 1. The van der Waals surface area contributed by atoms with Crippen molar-refractivity contribution in [2.24, 2.45) is 10.9 Å². The summed E-state index contributed by atoms with van der Waals surface area (Å²) in [6, 6.07) is 10.8. The van der Waals surface area contributed by atoms with Crippen LogP contribution in [0.5, 0.6) is 0 Å². The minimum absolute atomic E-state index is 0.589. The molecule has 6 heteroatoms. The Balaban J connectivity index is 1.45. The maximum Gasteiger partial charge on any atom is 0.194 e. The lowest BCUT2D eigenvalue weighted by atomic mass is 10.1. The maximum absolute atomic E-state index is 5.00. The lowest BCUT2D eigenvalue weighted by Gasteiger charge is -2.37. The predicted molar refractivity (Wildman–Crippen MR) is 122 cm³/mol. The first-order valence-corrected chi connectivity index (χ1v) is 11.3. The van der Waals surface area contributed by atoms with Crippen LogP contribution in [0.4, 0.5) is 0 Å². The van der Waals surface area contributed by atoms with E-state index in [2.05, 4.69) is 76.1 Å². The van der Waals surface area contributed by atoms with Gasteiger partial charge in [-0.15, -0.1) is 0 Å². The number of benzene rings is 1. The Kier molecular flexibility index (Phi) is 8.77. The van der Waals surface area contributed by atoms with Crippen molar-refractivity contribution in [2.45, 2.75) is 20.4 Å². The lowest BCUT2D eigenvalue weighted by Crippen LogP contribution is -2.52. The van der Waals surface area contributed by atoms with E-state index in [0.29, 0.717) is 5.92 Å². The second-order valence-corrected chi connectivity index (χ2v) is 8.65. The summed E-state index contributed by atoms with van der Waals surface area (Å²) >= 11 is 0. The molecule has 1 unspecified atom stereocenters. The van der Waals surface area contributed by atoms with E-state index in [0.717, 1.165) is 58.3 Å². The van der Waals surface area contributed by atoms with Crippen molar-refractivity contribution in [2.75, 3.05) is 79.0 Å². The monoisotopic (exact) mass is 400 g/mol. The molecule has 2 heterocycles. The highest BCUT2D eigenvalue weighted by Crippen LogP contribution is 2.10. The summed E-state index contributed by atoms with van der Waals surface area (Å²) in [6.45, 7) is 17.6. The van der Waals surface area contributed by atoms with E-state index < -0.39 is 0 Å². The molecular formula is C23H40N6. The fourth-order valence-corrected chi connectivity index (χ4v) is 4.16. The third kappa shape index (κ3) is 7.28. The van der Waals surface area contributed by atoms with Gasteiger partial charge in [-0.2, -0.15) is 0 Å². The van der Waals surface area contributed by atoms with Crippen molar-refractivity contribution >= 4 is 5.96 Å². The van der Waals surface area contributed by atoms with Crippen LogP contribution >= 0.6 is 0 Å². The Hall–Kier alpha value is -1.63. The van der Waals surface area contributed by atoms with Gasteiger partial charge in [0.2, 0.25) is 0 Å². The highest BCUT2D eigenvalue weighted by Gasteiger charge is 2.20. The fourth-order valence-electron chi connectivity index (χ4n) is 4.16. The Bertz CT molecular complexity index is 603. The van der Waals surface area contributed by atoms with E-state index >= 15 is 0 Å². The molecule has 29 heavy (non-hydrogen) atoms. The van der Waals surface area contributed by atoms with Crippen LogP contribution in [0.3, 0.4) is 0 Å². The van der Waals surface area contributed by atoms with Gasteiger partial charge in [-0.1, -0.05) is 37.3 Å². The second kappa shape index (κ2) is 11.5. The molecule has 1 atom stereocenters. The number of hydrogen-bond acceptors (Lipinski definition) is 4. The standard InChI is InChI=1S/C23H40N6/c1-4-24-23(25-18-21(2)19-27-12-10-26(3)11-13-27)29-16-14-28(15-17-29)20-22-8-6-5-7-9-22/h5-9,21H,4,10-20H2,1-3H3,(H,24,25). The van der Waals surface area contributed by atoms with Gasteiger partial charge in [-0.3, -0.25) is 9.89 Å². The zero-order valence-corrected chi connectivity index (χ0v) is 18.7. The van der Waals surface area contributed by atoms with Crippen molar-refractivity contribution in [1.82, 2.24) is 24.9 Å². The van der Waals surface area contributed by atoms with Crippen LogP contribution in [-0.2, 0) is 6.54 Å². The molecule has 0 aromatic heterocycles. The van der Waals surface area contributed by atoms with Crippen molar-refractivity contribution in [3.63, 3.8) is 0 Å².